The molecule has 1 amide bonds. The number of anilines is 1. The normalized spacial score (nSPS) is 19.9. The Labute approximate surface area is 137 Å². The van der Waals surface area contributed by atoms with Crippen LogP contribution in [0.2, 0.25) is 0 Å². The summed E-state index contributed by atoms with van der Waals surface area (Å²) in [5.41, 5.74) is -0.191. The van der Waals surface area contributed by atoms with Gasteiger partial charge in [0.2, 0.25) is 16.0 Å². The van der Waals surface area contributed by atoms with Gasteiger partial charge in [0, 0.05) is 31.9 Å². The number of amides is 1. The van der Waals surface area contributed by atoms with Gasteiger partial charge in [0.05, 0.1) is 6.54 Å². The van der Waals surface area contributed by atoms with E-state index in [4.69, 9.17) is 0 Å². The molecule has 3 heterocycles. The van der Waals surface area contributed by atoms with Crippen molar-refractivity contribution >= 4 is 27.3 Å². The second-order valence-electron chi connectivity index (χ2n) is 6.27. The van der Waals surface area contributed by atoms with E-state index in [9.17, 15) is 9.59 Å². The molecule has 1 aliphatic heterocycles. The highest BCUT2D eigenvalue weighted by Crippen LogP contribution is 2.27. The molecule has 122 valence electrons. The highest BCUT2D eigenvalue weighted by Gasteiger charge is 2.28. The average Bonchev–Trinajstić information content (AvgIpc) is 3.19. The van der Waals surface area contributed by atoms with Crippen molar-refractivity contribution in [3.8, 4) is 0 Å². The fourth-order valence-corrected chi connectivity index (χ4v) is 4.33. The van der Waals surface area contributed by atoms with Gasteiger partial charge in [0.1, 0.15) is 0 Å². The largest absolute Gasteiger partial charge is 0.339 e. The van der Waals surface area contributed by atoms with E-state index in [0.29, 0.717) is 22.6 Å². The zero-order valence-corrected chi connectivity index (χ0v) is 13.7. The van der Waals surface area contributed by atoms with Crippen molar-refractivity contribution in [1.29, 1.82) is 0 Å². The molecule has 1 saturated carbocycles. The molecule has 7 nitrogen and oxygen atoms in total. The molecule has 23 heavy (non-hydrogen) atoms. The Morgan fingerprint density at radius 3 is 2.78 bits per heavy atom. The van der Waals surface area contributed by atoms with Gasteiger partial charge in [0.25, 0.3) is 5.56 Å². The quantitative estimate of drug-likeness (QED) is 0.838. The van der Waals surface area contributed by atoms with Crippen molar-refractivity contribution in [1.82, 2.24) is 19.5 Å². The highest BCUT2D eigenvalue weighted by atomic mass is 32.1. The fraction of sp³-hybridized carbons (Fsp3) is 0.600. The van der Waals surface area contributed by atoms with E-state index >= 15 is 0 Å². The fourth-order valence-electron chi connectivity index (χ4n) is 3.43. The molecule has 1 saturated heterocycles. The van der Waals surface area contributed by atoms with Gasteiger partial charge in [0.15, 0.2) is 0 Å². The number of carbonyl (C=O) groups excluding carboxylic acids is 1. The molecule has 0 radical (unpaired) electrons. The highest BCUT2D eigenvalue weighted by molar-refractivity contribution is 7.20. The van der Waals surface area contributed by atoms with Crippen LogP contribution in [0.15, 0.2) is 17.1 Å². The van der Waals surface area contributed by atoms with E-state index in [2.05, 4.69) is 10.1 Å². The van der Waals surface area contributed by atoms with Crippen LogP contribution in [-0.4, -0.2) is 51.6 Å². The SMILES string of the molecule is O=C1CN(c2nn3c(=O)ccnc3s2)CCN1CC1CCCC1. The molecule has 0 N–H and O–H groups in total. The molecule has 0 aromatic carbocycles. The second kappa shape index (κ2) is 5.92. The van der Waals surface area contributed by atoms with Crippen LogP contribution < -0.4 is 10.5 Å². The van der Waals surface area contributed by atoms with Crippen molar-refractivity contribution in [3.05, 3.63) is 22.6 Å². The summed E-state index contributed by atoms with van der Waals surface area (Å²) in [7, 11) is 0. The van der Waals surface area contributed by atoms with E-state index in [1.54, 1.807) is 0 Å². The number of hydrogen-bond acceptors (Lipinski definition) is 6. The van der Waals surface area contributed by atoms with Gasteiger partial charge >= 0.3 is 0 Å². The molecule has 4 rings (SSSR count). The van der Waals surface area contributed by atoms with E-state index in [0.717, 1.165) is 19.6 Å². The number of fused-ring (bicyclic) bond motifs is 1. The van der Waals surface area contributed by atoms with E-state index in [-0.39, 0.29) is 11.5 Å². The Morgan fingerprint density at radius 1 is 1.22 bits per heavy atom. The van der Waals surface area contributed by atoms with Crippen LogP contribution >= 0.6 is 11.3 Å². The van der Waals surface area contributed by atoms with E-state index < -0.39 is 0 Å². The number of rotatable bonds is 3. The lowest BCUT2D eigenvalue weighted by Crippen LogP contribution is -2.51. The molecular formula is C15H19N5O2S. The zero-order chi connectivity index (χ0) is 15.8. The maximum absolute atomic E-state index is 12.4. The smallest absolute Gasteiger partial charge is 0.275 e. The van der Waals surface area contributed by atoms with Crippen molar-refractivity contribution < 1.29 is 4.79 Å². The zero-order valence-electron chi connectivity index (χ0n) is 12.8. The van der Waals surface area contributed by atoms with Crippen LogP contribution in [0.4, 0.5) is 5.13 Å². The summed E-state index contributed by atoms with van der Waals surface area (Å²) in [5, 5.41) is 5.00. The first-order valence-electron chi connectivity index (χ1n) is 8.08. The number of carbonyl (C=O) groups is 1. The third kappa shape index (κ3) is 2.83. The molecule has 8 heteroatoms. The molecule has 1 aliphatic carbocycles. The van der Waals surface area contributed by atoms with Crippen LogP contribution in [-0.2, 0) is 4.79 Å². The van der Waals surface area contributed by atoms with Gasteiger partial charge in [-0.25, -0.2) is 4.98 Å². The predicted molar refractivity (Wildman–Crippen MR) is 87.9 cm³/mol. The summed E-state index contributed by atoms with van der Waals surface area (Å²) in [6.45, 7) is 2.72. The molecule has 2 fully saturated rings. The minimum atomic E-state index is -0.191. The Kier molecular flexibility index (Phi) is 3.76. The number of hydrogen-bond donors (Lipinski definition) is 0. The average molecular weight is 333 g/mol. The molecule has 0 atom stereocenters. The van der Waals surface area contributed by atoms with E-state index in [1.807, 2.05) is 9.80 Å². The minimum absolute atomic E-state index is 0.155. The molecule has 2 aliphatic rings. The number of nitrogens with zero attached hydrogens (tertiary/aromatic N) is 5. The lowest BCUT2D eigenvalue weighted by atomic mass is 10.1. The molecule has 2 aromatic rings. The lowest BCUT2D eigenvalue weighted by molar-refractivity contribution is -0.131. The van der Waals surface area contributed by atoms with Gasteiger partial charge in [-0.15, -0.1) is 5.10 Å². The Bertz CT molecular complexity index is 780. The summed E-state index contributed by atoms with van der Waals surface area (Å²) < 4.78 is 1.30. The maximum atomic E-state index is 12.4. The Morgan fingerprint density at radius 2 is 2.04 bits per heavy atom. The van der Waals surface area contributed by atoms with Crippen molar-refractivity contribution in [3.63, 3.8) is 0 Å². The lowest BCUT2D eigenvalue weighted by Gasteiger charge is -2.35. The predicted octanol–water partition coefficient (Wildman–Crippen LogP) is 0.990. The molecule has 0 unspecified atom stereocenters. The summed E-state index contributed by atoms with van der Waals surface area (Å²) in [4.78, 5) is 32.8. The summed E-state index contributed by atoms with van der Waals surface area (Å²) in [6, 6.07) is 1.39. The van der Waals surface area contributed by atoms with Crippen LogP contribution in [0.1, 0.15) is 25.7 Å². The first kappa shape index (κ1) is 14.6. The Balaban J connectivity index is 1.47. The van der Waals surface area contributed by atoms with Gasteiger partial charge in [-0.05, 0) is 18.8 Å². The van der Waals surface area contributed by atoms with Crippen molar-refractivity contribution in [2.24, 2.45) is 5.92 Å². The van der Waals surface area contributed by atoms with Crippen molar-refractivity contribution in [2.75, 3.05) is 31.1 Å². The molecule has 0 spiro atoms. The second-order valence-corrected chi connectivity index (χ2v) is 7.21. The standard InChI is InChI=1S/C15H19N5O2S/c21-12-5-6-16-14-20(12)17-15(23-14)19-8-7-18(13(22)10-19)9-11-3-1-2-4-11/h5-6,11H,1-4,7-10H2. The van der Waals surface area contributed by atoms with Crippen LogP contribution in [0.25, 0.3) is 4.96 Å². The van der Waals surface area contributed by atoms with Crippen LogP contribution in [0, 0.1) is 5.92 Å². The third-order valence-corrected chi connectivity index (χ3v) is 5.69. The summed E-state index contributed by atoms with van der Waals surface area (Å²) in [6.07, 6.45) is 6.59. The molecular weight excluding hydrogens is 314 g/mol. The first-order chi connectivity index (χ1) is 11.2. The first-order valence-corrected chi connectivity index (χ1v) is 8.90. The monoisotopic (exact) mass is 333 g/mol. The topological polar surface area (TPSA) is 70.8 Å². The summed E-state index contributed by atoms with van der Waals surface area (Å²) in [5.74, 6) is 0.832. The van der Waals surface area contributed by atoms with Gasteiger partial charge in [-0.2, -0.15) is 4.52 Å². The summed E-state index contributed by atoms with van der Waals surface area (Å²) >= 11 is 1.35. The minimum Gasteiger partial charge on any atom is -0.339 e. The Hall–Kier alpha value is -1.96. The molecule has 2 aromatic heterocycles. The van der Waals surface area contributed by atoms with Crippen LogP contribution in [0.3, 0.4) is 0 Å². The van der Waals surface area contributed by atoms with E-state index in [1.165, 1.54) is 53.8 Å². The van der Waals surface area contributed by atoms with Gasteiger partial charge < -0.3 is 9.80 Å². The number of piperazine rings is 1. The van der Waals surface area contributed by atoms with Crippen LogP contribution in [0.5, 0.6) is 0 Å². The third-order valence-electron chi connectivity index (χ3n) is 4.70. The number of aromatic nitrogens is 3. The maximum Gasteiger partial charge on any atom is 0.275 e. The van der Waals surface area contributed by atoms with Crippen molar-refractivity contribution in [2.45, 2.75) is 25.7 Å². The van der Waals surface area contributed by atoms with Gasteiger partial charge in [-0.1, -0.05) is 24.2 Å². The molecule has 0 bridgehead atoms. The van der Waals surface area contributed by atoms with Gasteiger partial charge in [-0.3, -0.25) is 9.59 Å².